The van der Waals surface area contributed by atoms with Gasteiger partial charge in [-0.1, -0.05) is 30.3 Å². The Morgan fingerprint density at radius 2 is 2.06 bits per heavy atom. The van der Waals surface area contributed by atoms with E-state index in [0.29, 0.717) is 12.3 Å². The standard InChI is InChI=1S/C14H14ClNO2/c1-10-7-8-18-13(10)14(17)16-9-12(15)11-5-3-2-4-6-11/h2-8,12H,9H2,1H3,(H,16,17). The predicted octanol–water partition coefficient (Wildman–Crippen LogP) is 3.30. The number of rotatable bonds is 4. The van der Waals surface area contributed by atoms with Crippen LogP contribution in [0.4, 0.5) is 0 Å². The topological polar surface area (TPSA) is 42.2 Å². The fourth-order valence-corrected chi connectivity index (χ4v) is 1.87. The smallest absolute Gasteiger partial charge is 0.287 e. The summed E-state index contributed by atoms with van der Waals surface area (Å²) in [5.74, 6) is 0.103. The van der Waals surface area contributed by atoms with Crippen LogP contribution < -0.4 is 5.32 Å². The van der Waals surface area contributed by atoms with Crippen molar-refractivity contribution in [2.75, 3.05) is 6.54 Å². The molecule has 0 radical (unpaired) electrons. The van der Waals surface area contributed by atoms with E-state index >= 15 is 0 Å². The van der Waals surface area contributed by atoms with Crippen LogP contribution in [0, 0.1) is 6.92 Å². The molecule has 0 aliphatic heterocycles. The van der Waals surface area contributed by atoms with Crippen LogP contribution in [0.1, 0.15) is 27.1 Å². The summed E-state index contributed by atoms with van der Waals surface area (Å²) >= 11 is 6.21. The summed E-state index contributed by atoms with van der Waals surface area (Å²) in [6.45, 7) is 2.19. The van der Waals surface area contributed by atoms with Gasteiger partial charge >= 0.3 is 0 Å². The molecule has 18 heavy (non-hydrogen) atoms. The van der Waals surface area contributed by atoms with Crippen molar-refractivity contribution in [2.24, 2.45) is 0 Å². The van der Waals surface area contributed by atoms with Crippen molar-refractivity contribution in [3.05, 3.63) is 59.5 Å². The number of carbonyl (C=O) groups excluding carboxylic acids is 1. The molecule has 0 bridgehead atoms. The lowest BCUT2D eigenvalue weighted by molar-refractivity contribution is 0.0925. The molecular weight excluding hydrogens is 250 g/mol. The maximum Gasteiger partial charge on any atom is 0.287 e. The van der Waals surface area contributed by atoms with Gasteiger partial charge in [0, 0.05) is 12.1 Å². The lowest BCUT2D eigenvalue weighted by atomic mass is 10.1. The van der Waals surface area contributed by atoms with Gasteiger partial charge in [-0.3, -0.25) is 4.79 Å². The summed E-state index contributed by atoms with van der Waals surface area (Å²) < 4.78 is 5.11. The number of alkyl halides is 1. The first kappa shape index (κ1) is 12.7. The summed E-state index contributed by atoms with van der Waals surface area (Å²) in [6.07, 6.45) is 1.50. The van der Waals surface area contributed by atoms with E-state index in [0.717, 1.165) is 11.1 Å². The third-order valence-electron chi connectivity index (χ3n) is 2.67. The second-order valence-corrected chi connectivity index (χ2v) is 4.55. The normalized spacial score (nSPS) is 12.1. The van der Waals surface area contributed by atoms with E-state index in [4.69, 9.17) is 16.0 Å². The number of hydrogen-bond donors (Lipinski definition) is 1. The maximum atomic E-state index is 11.8. The maximum absolute atomic E-state index is 11.8. The van der Waals surface area contributed by atoms with Crippen LogP contribution in [0.25, 0.3) is 0 Å². The van der Waals surface area contributed by atoms with E-state index in [2.05, 4.69) is 5.32 Å². The lowest BCUT2D eigenvalue weighted by Gasteiger charge is -2.10. The Hall–Kier alpha value is -1.74. The van der Waals surface area contributed by atoms with Crippen LogP contribution in [0.2, 0.25) is 0 Å². The van der Waals surface area contributed by atoms with Gasteiger partial charge in [-0.25, -0.2) is 0 Å². The highest BCUT2D eigenvalue weighted by atomic mass is 35.5. The number of benzene rings is 1. The molecule has 2 rings (SSSR count). The van der Waals surface area contributed by atoms with Crippen molar-refractivity contribution < 1.29 is 9.21 Å². The van der Waals surface area contributed by atoms with E-state index < -0.39 is 0 Å². The second kappa shape index (κ2) is 5.74. The molecule has 1 unspecified atom stereocenters. The number of hydrogen-bond acceptors (Lipinski definition) is 2. The first-order chi connectivity index (χ1) is 8.68. The van der Waals surface area contributed by atoms with Crippen molar-refractivity contribution in [2.45, 2.75) is 12.3 Å². The zero-order chi connectivity index (χ0) is 13.0. The zero-order valence-corrected chi connectivity index (χ0v) is 10.8. The van der Waals surface area contributed by atoms with Gasteiger partial charge in [0.15, 0.2) is 5.76 Å². The fraction of sp³-hybridized carbons (Fsp3) is 0.214. The van der Waals surface area contributed by atoms with E-state index in [1.165, 1.54) is 6.26 Å². The molecule has 0 saturated heterocycles. The average Bonchev–Trinajstić information content (AvgIpc) is 2.83. The SMILES string of the molecule is Cc1ccoc1C(=O)NCC(Cl)c1ccccc1. The molecule has 0 aliphatic carbocycles. The number of furan rings is 1. The van der Waals surface area contributed by atoms with Gasteiger partial charge in [-0.2, -0.15) is 0 Å². The van der Waals surface area contributed by atoms with Crippen LogP contribution in [-0.2, 0) is 0 Å². The predicted molar refractivity (Wildman–Crippen MR) is 70.8 cm³/mol. The molecule has 3 nitrogen and oxygen atoms in total. The number of amides is 1. The summed E-state index contributed by atoms with van der Waals surface area (Å²) in [6, 6.07) is 11.4. The highest BCUT2D eigenvalue weighted by molar-refractivity contribution is 6.21. The number of halogens is 1. The van der Waals surface area contributed by atoms with Crippen LogP contribution in [0.3, 0.4) is 0 Å². The Morgan fingerprint density at radius 1 is 1.33 bits per heavy atom. The van der Waals surface area contributed by atoms with E-state index in [9.17, 15) is 4.79 Å². The first-order valence-electron chi connectivity index (χ1n) is 5.70. The third kappa shape index (κ3) is 2.93. The average molecular weight is 264 g/mol. The third-order valence-corrected chi connectivity index (χ3v) is 3.08. The summed E-state index contributed by atoms with van der Waals surface area (Å²) in [7, 11) is 0. The Morgan fingerprint density at radius 3 is 2.67 bits per heavy atom. The molecule has 1 aromatic carbocycles. The van der Waals surface area contributed by atoms with Gasteiger partial charge in [-0.15, -0.1) is 11.6 Å². The molecule has 1 aromatic heterocycles. The Balaban J connectivity index is 1.93. The molecule has 0 saturated carbocycles. The number of aryl methyl sites for hydroxylation is 1. The van der Waals surface area contributed by atoms with Gasteiger partial charge in [0.2, 0.25) is 0 Å². The molecule has 0 fully saturated rings. The zero-order valence-electron chi connectivity index (χ0n) is 10.0. The highest BCUT2D eigenvalue weighted by Gasteiger charge is 2.14. The minimum absolute atomic E-state index is 0.237. The number of nitrogens with one attached hydrogen (secondary N) is 1. The van der Waals surface area contributed by atoms with Crippen molar-refractivity contribution in [3.63, 3.8) is 0 Å². The van der Waals surface area contributed by atoms with Crippen LogP contribution in [-0.4, -0.2) is 12.5 Å². The fourth-order valence-electron chi connectivity index (χ4n) is 1.65. The van der Waals surface area contributed by atoms with Crippen LogP contribution in [0.15, 0.2) is 47.1 Å². The van der Waals surface area contributed by atoms with Gasteiger partial charge in [0.25, 0.3) is 5.91 Å². The Labute approximate surface area is 111 Å². The second-order valence-electron chi connectivity index (χ2n) is 4.02. The Kier molecular flexibility index (Phi) is 4.05. The van der Waals surface area contributed by atoms with E-state index in [1.807, 2.05) is 37.3 Å². The summed E-state index contributed by atoms with van der Waals surface area (Å²) in [4.78, 5) is 11.8. The molecule has 0 aliphatic rings. The monoisotopic (exact) mass is 263 g/mol. The van der Waals surface area contributed by atoms with Crippen LogP contribution >= 0.6 is 11.6 Å². The summed E-state index contributed by atoms with van der Waals surface area (Å²) in [5, 5.41) is 2.51. The highest BCUT2D eigenvalue weighted by Crippen LogP contribution is 2.19. The van der Waals surface area contributed by atoms with Crippen molar-refractivity contribution in [1.82, 2.24) is 5.32 Å². The summed E-state index contributed by atoms with van der Waals surface area (Å²) in [5.41, 5.74) is 1.80. The van der Waals surface area contributed by atoms with Crippen molar-refractivity contribution >= 4 is 17.5 Å². The molecular formula is C14H14ClNO2. The van der Waals surface area contributed by atoms with Crippen molar-refractivity contribution in [1.29, 1.82) is 0 Å². The molecule has 2 aromatic rings. The van der Waals surface area contributed by atoms with E-state index in [1.54, 1.807) is 6.07 Å². The minimum Gasteiger partial charge on any atom is -0.459 e. The largest absolute Gasteiger partial charge is 0.459 e. The van der Waals surface area contributed by atoms with Gasteiger partial charge < -0.3 is 9.73 Å². The molecule has 1 atom stereocenters. The number of carbonyl (C=O) groups is 1. The first-order valence-corrected chi connectivity index (χ1v) is 6.13. The van der Waals surface area contributed by atoms with Crippen LogP contribution in [0.5, 0.6) is 0 Å². The molecule has 1 heterocycles. The van der Waals surface area contributed by atoms with E-state index in [-0.39, 0.29) is 11.3 Å². The quantitative estimate of drug-likeness (QED) is 0.860. The Bertz CT molecular complexity index is 522. The van der Waals surface area contributed by atoms with Gasteiger partial charge in [0.05, 0.1) is 11.6 Å². The lowest BCUT2D eigenvalue weighted by Crippen LogP contribution is -2.27. The van der Waals surface area contributed by atoms with Gasteiger partial charge in [-0.05, 0) is 18.6 Å². The molecule has 4 heteroatoms. The van der Waals surface area contributed by atoms with Gasteiger partial charge in [0.1, 0.15) is 0 Å². The molecule has 94 valence electrons. The molecule has 1 N–H and O–H groups in total. The molecule has 1 amide bonds. The molecule has 0 spiro atoms. The minimum atomic E-state index is -0.245. The van der Waals surface area contributed by atoms with Crippen molar-refractivity contribution in [3.8, 4) is 0 Å².